The Kier molecular flexibility index (Phi) is 5.89. The van der Waals surface area contributed by atoms with E-state index < -0.39 is 11.3 Å². The minimum absolute atomic E-state index is 0.280. The second kappa shape index (κ2) is 9.68. The molecule has 2 aromatic carbocycles. The Hall–Kier alpha value is -5.63. The molecule has 39 heavy (non-hydrogen) atoms. The minimum atomic E-state index is -0.462. The summed E-state index contributed by atoms with van der Waals surface area (Å²) in [4.78, 5) is 37.3. The molecule has 0 atom stereocenters. The Morgan fingerprint density at radius 3 is 2.54 bits per heavy atom. The van der Waals surface area contributed by atoms with Crippen LogP contribution in [0.1, 0.15) is 39.1 Å². The third-order valence-corrected chi connectivity index (χ3v) is 6.32. The molecule has 11 heteroatoms. The highest BCUT2D eigenvalue weighted by molar-refractivity contribution is 6.04. The number of imidazole rings is 1. The fraction of sp³-hybridized carbons (Fsp3) is 0.107. The van der Waals surface area contributed by atoms with Gasteiger partial charge in [-0.3, -0.25) is 9.59 Å². The quantitative estimate of drug-likeness (QED) is 0.324. The van der Waals surface area contributed by atoms with Crippen LogP contribution in [0.5, 0.6) is 11.6 Å². The van der Waals surface area contributed by atoms with Crippen molar-refractivity contribution in [3.8, 4) is 17.7 Å². The van der Waals surface area contributed by atoms with Gasteiger partial charge in [0.2, 0.25) is 5.88 Å². The molecule has 3 aromatic heterocycles. The van der Waals surface area contributed by atoms with Crippen molar-refractivity contribution in [2.75, 3.05) is 10.6 Å². The van der Waals surface area contributed by atoms with Crippen molar-refractivity contribution in [3.05, 3.63) is 102 Å². The molecule has 5 aromatic rings. The predicted molar refractivity (Wildman–Crippen MR) is 140 cm³/mol. The fourth-order valence-corrected chi connectivity index (χ4v) is 4.09. The predicted octanol–water partition coefficient (Wildman–Crippen LogP) is 4.37. The Labute approximate surface area is 222 Å². The maximum Gasteiger partial charge on any atom is 0.259 e. The lowest BCUT2D eigenvalue weighted by Gasteiger charge is -2.11. The molecule has 0 spiro atoms. The maximum atomic E-state index is 12.9. The number of carbonyl (C=O) groups excluding carboxylic acids is 2. The lowest BCUT2D eigenvalue weighted by Crippen LogP contribution is -2.13. The van der Waals surface area contributed by atoms with Gasteiger partial charge >= 0.3 is 0 Å². The summed E-state index contributed by atoms with van der Waals surface area (Å²) in [5, 5.41) is 19.4. The highest BCUT2D eigenvalue weighted by Gasteiger charge is 2.45. The monoisotopic (exact) mass is 516 g/mol. The van der Waals surface area contributed by atoms with Crippen molar-refractivity contribution in [3.63, 3.8) is 0 Å². The van der Waals surface area contributed by atoms with E-state index in [4.69, 9.17) is 4.74 Å². The first-order valence-corrected chi connectivity index (χ1v) is 12.1. The summed E-state index contributed by atoms with van der Waals surface area (Å²) in [5.74, 6) is 0.393. The van der Waals surface area contributed by atoms with Crippen LogP contribution in [0.2, 0.25) is 0 Å². The zero-order chi connectivity index (χ0) is 26.8. The number of nitriles is 1. The highest BCUT2D eigenvalue weighted by Crippen LogP contribution is 2.47. The van der Waals surface area contributed by atoms with Crippen molar-refractivity contribution in [1.29, 1.82) is 5.26 Å². The molecule has 11 nitrogen and oxygen atoms in total. The number of hydrogen-bond donors (Lipinski definition) is 2. The molecule has 0 saturated heterocycles. The summed E-state index contributed by atoms with van der Waals surface area (Å²) < 4.78 is 7.39. The summed E-state index contributed by atoms with van der Waals surface area (Å²) >= 11 is 0. The molecular formula is C28H20N8O3. The van der Waals surface area contributed by atoms with Gasteiger partial charge in [0.25, 0.3) is 11.8 Å². The number of rotatable bonds is 7. The summed E-state index contributed by atoms with van der Waals surface area (Å²) in [5.41, 5.74) is 2.25. The van der Waals surface area contributed by atoms with Crippen LogP contribution < -0.4 is 15.4 Å². The van der Waals surface area contributed by atoms with E-state index in [0.29, 0.717) is 34.0 Å². The second-order valence-corrected chi connectivity index (χ2v) is 9.04. The largest absolute Gasteiger partial charge is 0.438 e. The SMILES string of the molecule is N#CC1(c2cccc(C(=O)Nc3cccc(Oc4ccc5nc(NC(=O)c6cncnc6)cn5n4)c3)c2)CC1. The van der Waals surface area contributed by atoms with Gasteiger partial charge in [-0.05, 0) is 48.7 Å². The number of fused-ring (bicyclic) bond motifs is 1. The number of ether oxygens (including phenoxy) is 1. The normalized spacial score (nSPS) is 13.3. The van der Waals surface area contributed by atoms with Crippen LogP contribution >= 0.6 is 0 Å². The van der Waals surface area contributed by atoms with Crippen LogP contribution in [0.15, 0.2) is 85.6 Å². The average molecular weight is 517 g/mol. The van der Waals surface area contributed by atoms with E-state index in [0.717, 1.165) is 18.4 Å². The first-order chi connectivity index (χ1) is 19.0. The number of nitrogens with one attached hydrogen (secondary N) is 2. The molecule has 3 heterocycles. The third kappa shape index (κ3) is 4.99. The second-order valence-electron chi connectivity index (χ2n) is 9.04. The van der Waals surface area contributed by atoms with Crippen molar-refractivity contribution in [2.45, 2.75) is 18.3 Å². The summed E-state index contributed by atoms with van der Waals surface area (Å²) in [6.07, 6.45) is 7.35. The minimum Gasteiger partial charge on any atom is -0.438 e. The van der Waals surface area contributed by atoms with E-state index >= 15 is 0 Å². The van der Waals surface area contributed by atoms with Crippen LogP contribution in [-0.4, -0.2) is 36.4 Å². The number of anilines is 2. The number of aromatic nitrogens is 5. The molecule has 1 saturated carbocycles. The van der Waals surface area contributed by atoms with Gasteiger partial charge in [0.15, 0.2) is 11.5 Å². The molecule has 0 aliphatic heterocycles. The summed E-state index contributed by atoms with van der Waals surface area (Å²) in [6, 6.07) is 19.8. The number of carbonyl (C=O) groups is 2. The van der Waals surface area contributed by atoms with Crippen molar-refractivity contribution < 1.29 is 14.3 Å². The van der Waals surface area contributed by atoms with Gasteiger partial charge in [0.05, 0.1) is 23.2 Å². The van der Waals surface area contributed by atoms with Gasteiger partial charge in [-0.1, -0.05) is 18.2 Å². The molecule has 2 N–H and O–H groups in total. The highest BCUT2D eigenvalue weighted by atomic mass is 16.5. The number of nitrogens with zero attached hydrogens (tertiary/aromatic N) is 6. The summed E-state index contributed by atoms with van der Waals surface area (Å²) in [6.45, 7) is 0. The lowest BCUT2D eigenvalue weighted by atomic mass is 9.96. The van der Waals surface area contributed by atoms with Crippen LogP contribution in [0.25, 0.3) is 5.65 Å². The first-order valence-electron chi connectivity index (χ1n) is 12.1. The van der Waals surface area contributed by atoms with Crippen molar-refractivity contribution >= 4 is 29.0 Å². The summed E-state index contributed by atoms with van der Waals surface area (Å²) in [7, 11) is 0. The molecule has 0 radical (unpaired) electrons. The van der Waals surface area contributed by atoms with E-state index in [1.807, 2.05) is 6.07 Å². The van der Waals surface area contributed by atoms with Gasteiger partial charge in [0.1, 0.15) is 12.1 Å². The fourth-order valence-electron chi connectivity index (χ4n) is 4.09. The van der Waals surface area contributed by atoms with Gasteiger partial charge < -0.3 is 15.4 Å². The van der Waals surface area contributed by atoms with E-state index in [-0.39, 0.29) is 11.8 Å². The van der Waals surface area contributed by atoms with Gasteiger partial charge in [-0.15, -0.1) is 5.10 Å². The lowest BCUT2D eigenvalue weighted by molar-refractivity contribution is 0.101. The van der Waals surface area contributed by atoms with Crippen LogP contribution in [0.3, 0.4) is 0 Å². The van der Waals surface area contributed by atoms with Crippen LogP contribution in [-0.2, 0) is 5.41 Å². The number of hydrogen-bond acceptors (Lipinski definition) is 8. The zero-order valence-electron chi connectivity index (χ0n) is 20.4. The van der Waals surface area contributed by atoms with Crippen molar-refractivity contribution in [2.24, 2.45) is 0 Å². The molecule has 190 valence electrons. The molecule has 0 unspecified atom stereocenters. The number of amides is 2. The number of benzene rings is 2. The van der Waals surface area contributed by atoms with Crippen LogP contribution in [0, 0.1) is 11.3 Å². The molecule has 1 aliphatic carbocycles. The van der Waals surface area contributed by atoms with Gasteiger partial charge in [-0.25, -0.2) is 19.5 Å². The zero-order valence-corrected chi connectivity index (χ0v) is 20.4. The van der Waals surface area contributed by atoms with E-state index in [1.165, 1.54) is 23.2 Å². The third-order valence-electron chi connectivity index (χ3n) is 6.32. The molecule has 6 rings (SSSR count). The Bertz CT molecular complexity index is 1760. The van der Waals surface area contributed by atoms with E-state index in [9.17, 15) is 14.9 Å². The van der Waals surface area contributed by atoms with E-state index in [2.05, 4.69) is 36.8 Å². The van der Waals surface area contributed by atoms with E-state index in [1.54, 1.807) is 60.8 Å². The van der Waals surface area contributed by atoms with Crippen LogP contribution in [0.4, 0.5) is 11.5 Å². The Morgan fingerprint density at radius 2 is 1.74 bits per heavy atom. The topological polar surface area (TPSA) is 147 Å². The van der Waals surface area contributed by atoms with Gasteiger partial charge in [-0.2, -0.15) is 5.26 Å². The molecule has 2 amide bonds. The van der Waals surface area contributed by atoms with Gasteiger partial charge in [0, 0.05) is 35.8 Å². The standard InChI is InChI=1S/C28H20N8O3/c29-16-28(9-10-28)20-4-1-3-18(11-20)26(37)32-21-5-2-6-22(12-21)39-25-8-7-24-33-23(15-36(24)35-25)34-27(38)19-13-30-17-31-14-19/h1-8,11-15,17H,9-10H2,(H,32,37)(H,34,38). The Morgan fingerprint density at radius 1 is 0.949 bits per heavy atom. The smallest absolute Gasteiger partial charge is 0.259 e. The van der Waals surface area contributed by atoms with Crippen molar-refractivity contribution in [1.82, 2.24) is 24.6 Å². The Balaban J connectivity index is 1.14. The molecule has 1 aliphatic rings. The maximum absolute atomic E-state index is 12.9. The molecule has 0 bridgehead atoms. The molecular weight excluding hydrogens is 496 g/mol. The first kappa shape index (κ1) is 23.7. The molecule has 1 fully saturated rings. The average Bonchev–Trinajstić information content (AvgIpc) is 3.67.